The molecule has 1 atom stereocenters. The monoisotopic (exact) mass is 378 g/mol. The van der Waals surface area contributed by atoms with Crippen molar-refractivity contribution >= 4 is 24.8 Å². The first-order valence-corrected chi connectivity index (χ1v) is 8.14. The quantitative estimate of drug-likeness (QED) is 0.824. The van der Waals surface area contributed by atoms with Crippen molar-refractivity contribution in [3.8, 4) is 17.2 Å². The lowest BCUT2D eigenvalue weighted by molar-refractivity contribution is 0.0799. The summed E-state index contributed by atoms with van der Waals surface area (Å²) in [6, 6.07) is 3.81. The van der Waals surface area contributed by atoms with Crippen molar-refractivity contribution in [3.05, 3.63) is 17.7 Å². The van der Waals surface area contributed by atoms with E-state index in [4.69, 9.17) is 9.47 Å². The molecule has 0 unspecified atom stereocenters. The van der Waals surface area contributed by atoms with Crippen molar-refractivity contribution in [1.29, 1.82) is 0 Å². The number of halogens is 2. The summed E-state index contributed by atoms with van der Waals surface area (Å²) in [6.45, 7) is 4.02. The first-order chi connectivity index (χ1) is 10.7. The predicted molar refractivity (Wildman–Crippen MR) is 100 cm³/mol. The molecule has 1 aliphatic carbocycles. The van der Waals surface area contributed by atoms with E-state index in [2.05, 4.69) is 10.2 Å². The molecule has 3 rings (SSSR count). The van der Waals surface area contributed by atoms with E-state index in [9.17, 15) is 5.11 Å². The fourth-order valence-corrected chi connectivity index (χ4v) is 3.60. The summed E-state index contributed by atoms with van der Waals surface area (Å²) >= 11 is 0. The zero-order valence-corrected chi connectivity index (χ0v) is 15.9. The van der Waals surface area contributed by atoms with Crippen molar-refractivity contribution in [2.45, 2.75) is 25.3 Å². The van der Waals surface area contributed by atoms with E-state index >= 15 is 0 Å². The minimum atomic E-state index is 0. The Hall–Kier alpha value is -0.880. The Balaban J connectivity index is 0.00000144. The van der Waals surface area contributed by atoms with Crippen LogP contribution in [0.1, 0.15) is 30.9 Å². The summed E-state index contributed by atoms with van der Waals surface area (Å²) in [5, 5.41) is 14.0. The summed E-state index contributed by atoms with van der Waals surface area (Å²) in [4.78, 5) is 2.49. The Morgan fingerprint density at radius 2 is 1.79 bits per heavy atom. The number of phenols is 1. The zero-order chi connectivity index (χ0) is 15.5. The molecule has 1 saturated carbocycles. The van der Waals surface area contributed by atoms with Crippen LogP contribution in [0.4, 0.5) is 0 Å². The summed E-state index contributed by atoms with van der Waals surface area (Å²) in [6.07, 6.45) is 3.74. The molecule has 7 heteroatoms. The molecular weight excluding hydrogens is 351 g/mol. The van der Waals surface area contributed by atoms with E-state index in [0.29, 0.717) is 11.7 Å². The molecule has 0 aromatic heterocycles. The molecule has 0 amide bonds. The van der Waals surface area contributed by atoms with Crippen LogP contribution >= 0.6 is 24.8 Å². The van der Waals surface area contributed by atoms with Crippen molar-refractivity contribution in [1.82, 2.24) is 10.2 Å². The summed E-state index contributed by atoms with van der Waals surface area (Å²) in [5.74, 6) is 2.25. The van der Waals surface area contributed by atoms with Crippen molar-refractivity contribution < 1.29 is 14.6 Å². The van der Waals surface area contributed by atoms with Gasteiger partial charge in [0.25, 0.3) is 0 Å². The van der Waals surface area contributed by atoms with Crippen LogP contribution in [-0.2, 0) is 0 Å². The third-order valence-electron chi connectivity index (χ3n) is 4.99. The van der Waals surface area contributed by atoms with Crippen LogP contribution < -0.4 is 14.8 Å². The molecular formula is C17H28Cl2N2O3. The highest BCUT2D eigenvalue weighted by Crippen LogP contribution is 2.48. The summed E-state index contributed by atoms with van der Waals surface area (Å²) < 4.78 is 10.8. The van der Waals surface area contributed by atoms with E-state index in [1.54, 1.807) is 20.3 Å². The number of aromatic hydroxyl groups is 1. The number of nitrogens with zero attached hydrogens (tertiary/aromatic N) is 1. The van der Waals surface area contributed by atoms with Gasteiger partial charge in [-0.25, -0.2) is 0 Å². The number of hydrogen-bond acceptors (Lipinski definition) is 5. The molecule has 2 fully saturated rings. The maximum Gasteiger partial charge on any atom is 0.131 e. The lowest BCUT2D eigenvalue weighted by atomic mass is 9.75. The summed E-state index contributed by atoms with van der Waals surface area (Å²) in [5.41, 5.74) is 0.926. The Morgan fingerprint density at radius 1 is 1.12 bits per heavy atom. The number of ether oxygens (including phenoxy) is 2. The molecule has 1 saturated heterocycles. The van der Waals surface area contributed by atoms with Gasteiger partial charge >= 0.3 is 0 Å². The highest BCUT2D eigenvalue weighted by molar-refractivity contribution is 5.85. The number of hydrogen-bond donors (Lipinski definition) is 2. The van der Waals surface area contributed by atoms with E-state index < -0.39 is 0 Å². The second-order valence-corrected chi connectivity index (χ2v) is 6.18. The van der Waals surface area contributed by atoms with Gasteiger partial charge in [0.15, 0.2) is 0 Å². The predicted octanol–water partition coefficient (Wildman–Crippen LogP) is 3.00. The number of piperazine rings is 1. The first-order valence-electron chi connectivity index (χ1n) is 8.14. The van der Waals surface area contributed by atoms with Crippen LogP contribution in [0.2, 0.25) is 0 Å². The molecule has 5 nitrogen and oxygen atoms in total. The number of rotatable bonds is 5. The van der Waals surface area contributed by atoms with Gasteiger partial charge in [-0.2, -0.15) is 0 Å². The zero-order valence-electron chi connectivity index (χ0n) is 14.3. The van der Waals surface area contributed by atoms with E-state index in [1.807, 2.05) is 6.07 Å². The highest BCUT2D eigenvalue weighted by atomic mass is 35.5. The van der Waals surface area contributed by atoms with Gasteiger partial charge in [-0.1, -0.05) is 6.42 Å². The van der Waals surface area contributed by atoms with E-state index in [-0.39, 0.29) is 36.6 Å². The van der Waals surface area contributed by atoms with Crippen molar-refractivity contribution in [2.24, 2.45) is 5.92 Å². The molecule has 2 N–H and O–H groups in total. The summed E-state index contributed by atoms with van der Waals surface area (Å²) in [7, 11) is 3.26. The van der Waals surface area contributed by atoms with Crippen LogP contribution in [0.5, 0.6) is 17.2 Å². The molecule has 1 aromatic rings. The topological polar surface area (TPSA) is 54.0 Å². The van der Waals surface area contributed by atoms with E-state index in [1.165, 1.54) is 19.3 Å². The van der Waals surface area contributed by atoms with Gasteiger partial charge in [-0.3, -0.25) is 4.90 Å². The van der Waals surface area contributed by atoms with Gasteiger partial charge in [0, 0.05) is 44.4 Å². The van der Waals surface area contributed by atoms with Crippen LogP contribution in [0.25, 0.3) is 0 Å². The van der Waals surface area contributed by atoms with Crippen LogP contribution in [0, 0.1) is 5.92 Å². The highest BCUT2D eigenvalue weighted by Gasteiger charge is 2.37. The minimum absolute atomic E-state index is 0. The molecule has 0 spiro atoms. The van der Waals surface area contributed by atoms with Crippen LogP contribution in [0.15, 0.2) is 12.1 Å². The van der Waals surface area contributed by atoms with Gasteiger partial charge < -0.3 is 19.9 Å². The van der Waals surface area contributed by atoms with Gasteiger partial charge in [0.2, 0.25) is 0 Å². The number of phenolic OH excluding ortho intramolecular Hbond substituents is 1. The second kappa shape index (κ2) is 9.56. The minimum Gasteiger partial charge on any atom is -0.507 e. The Bertz CT molecular complexity index is 521. The lowest BCUT2D eigenvalue weighted by Gasteiger charge is -2.43. The normalized spacial score (nSPS) is 19.4. The third-order valence-corrected chi connectivity index (χ3v) is 4.99. The third kappa shape index (κ3) is 4.20. The molecule has 138 valence electrons. The van der Waals surface area contributed by atoms with Gasteiger partial charge in [-0.15, -0.1) is 24.8 Å². The first kappa shape index (κ1) is 21.2. The SMILES string of the molecule is COc1cc(O)c([C@@H](C2CCC2)N2CCNCC2)c(OC)c1.Cl.Cl. The number of nitrogens with one attached hydrogen (secondary N) is 1. The maximum atomic E-state index is 10.6. The van der Waals surface area contributed by atoms with Crippen LogP contribution in [-0.4, -0.2) is 50.4 Å². The molecule has 2 aliphatic rings. The Morgan fingerprint density at radius 3 is 2.29 bits per heavy atom. The number of methoxy groups -OCH3 is 2. The molecule has 24 heavy (non-hydrogen) atoms. The second-order valence-electron chi connectivity index (χ2n) is 6.18. The van der Waals surface area contributed by atoms with Gasteiger partial charge in [0.1, 0.15) is 17.2 Å². The maximum absolute atomic E-state index is 10.6. The van der Waals surface area contributed by atoms with Crippen LogP contribution in [0.3, 0.4) is 0 Å². The van der Waals surface area contributed by atoms with Gasteiger partial charge in [-0.05, 0) is 18.8 Å². The standard InChI is InChI=1S/C17H26N2O3.2ClH/c1-21-13-10-14(20)16(15(11-13)22-2)17(12-4-3-5-12)19-8-6-18-7-9-19;;/h10-12,17-18,20H,3-9H2,1-2H3;2*1H/t17-;;/m1../s1. The lowest BCUT2D eigenvalue weighted by Crippen LogP contribution is -2.47. The Kier molecular flexibility index (Phi) is 8.43. The fourth-order valence-electron chi connectivity index (χ4n) is 3.60. The van der Waals surface area contributed by atoms with Gasteiger partial charge in [0.05, 0.1) is 19.8 Å². The molecule has 1 heterocycles. The molecule has 0 radical (unpaired) electrons. The largest absolute Gasteiger partial charge is 0.507 e. The Labute approximate surface area is 156 Å². The fraction of sp³-hybridized carbons (Fsp3) is 0.647. The molecule has 1 aliphatic heterocycles. The average Bonchev–Trinajstić information content (AvgIpc) is 2.51. The van der Waals surface area contributed by atoms with Crippen molar-refractivity contribution in [3.63, 3.8) is 0 Å². The van der Waals surface area contributed by atoms with E-state index in [0.717, 1.165) is 37.5 Å². The smallest absolute Gasteiger partial charge is 0.131 e. The average molecular weight is 379 g/mol. The molecule has 1 aromatic carbocycles. The molecule has 0 bridgehead atoms. The van der Waals surface area contributed by atoms with Crippen molar-refractivity contribution in [2.75, 3.05) is 40.4 Å². The number of benzene rings is 1.